The first kappa shape index (κ1) is 26.1. The molecule has 1 N–H and O–H groups in total. The lowest BCUT2D eigenvalue weighted by Gasteiger charge is -2.30. The molecule has 2 aromatic carbocycles. The standard InChI is InChI=1S/C26H22F4N6O3/c1-34(2)24(39)21-20-13-35(9-10-36(20)25(31-21)26(28,29)30)23(38)17-11-14(7-8-18(17)27)12-19-15-5-3-4-6-16(15)22(37)33-32-19/h3-8,11H,9-10,12-13H2,1-2H3,(H,33,37). The molecule has 0 radical (unpaired) electrons. The van der Waals surface area contributed by atoms with Crippen molar-refractivity contribution in [1.29, 1.82) is 0 Å². The molecule has 202 valence electrons. The Morgan fingerprint density at radius 2 is 1.79 bits per heavy atom. The Morgan fingerprint density at radius 3 is 2.49 bits per heavy atom. The van der Waals surface area contributed by atoms with Gasteiger partial charge in [0.1, 0.15) is 5.82 Å². The zero-order valence-electron chi connectivity index (χ0n) is 20.8. The Kier molecular flexibility index (Phi) is 6.44. The number of H-pyrrole nitrogens is 1. The van der Waals surface area contributed by atoms with E-state index in [9.17, 15) is 31.9 Å². The van der Waals surface area contributed by atoms with Crippen molar-refractivity contribution in [3.8, 4) is 0 Å². The van der Waals surface area contributed by atoms with E-state index in [0.29, 0.717) is 22.0 Å². The predicted molar refractivity (Wildman–Crippen MR) is 132 cm³/mol. The number of benzene rings is 2. The van der Waals surface area contributed by atoms with Crippen LogP contribution in [0.2, 0.25) is 0 Å². The van der Waals surface area contributed by atoms with Crippen molar-refractivity contribution >= 4 is 22.6 Å². The second-order valence-electron chi connectivity index (χ2n) is 9.34. The number of nitrogens with zero attached hydrogens (tertiary/aromatic N) is 5. The molecule has 0 bridgehead atoms. The van der Waals surface area contributed by atoms with E-state index in [1.807, 2.05) is 0 Å². The summed E-state index contributed by atoms with van der Waals surface area (Å²) in [5.74, 6) is -3.50. The molecule has 13 heteroatoms. The van der Waals surface area contributed by atoms with Crippen LogP contribution in [0.25, 0.3) is 10.8 Å². The molecule has 0 unspecified atom stereocenters. The normalized spacial score (nSPS) is 13.4. The highest BCUT2D eigenvalue weighted by Gasteiger charge is 2.42. The van der Waals surface area contributed by atoms with Crippen LogP contribution in [0, 0.1) is 5.82 Å². The van der Waals surface area contributed by atoms with E-state index in [0.717, 1.165) is 15.5 Å². The molecule has 4 aromatic rings. The number of aromatic nitrogens is 4. The summed E-state index contributed by atoms with van der Waals surface area (Å²) in [6.45, 7) is -0.762. The monoisotopic (exact) mass is 542 g/mol. The number of aromatic amines is 1. The van der Waals surface area contributed by atoms with E-state index >= 15 is 0 Å². The smallest absolute Gasteiger partial charge is 0.343 e. The van der Waals surface area contributed by atoms with Gasteiger partial charge in [0.25, 0.3) is 17.4 Å². The molecule has 1 aliphatic rings. The fraction of sp³-hybridized carbons (Fsp3) is 0.269. The highest BCUT2D eigenvalue weighted by molar-refractivity contribution is 5.96. The molecule has 9 nitrogen and oxygen atoms in total. The molecule has 2 amide bonds. The molecule has 0 saturated carbocycles. The van der Waals surface area contributed by atoms with Crippen molar-refractivity contribution in [2.24, 2.45) is 0 Å². The van der Waals surface area contributed by atoms with Crippen LogP contribution in [-0.4, -0.2) is 62.0 Å². The molecule has 0 saturated heterocycles. The molecule has 3 heterocycles. The first-order valence-corrected chi connectivity index (χ1v) is 11.9. The number of carbonyl (C=O) groups excluding carboxylic acids is 2. The molecule has 39 heavy (non-hydrogen) atoms. The molecule has 0 fully saturated rings. The highest BCUT2D eigenvalue weighted by atomic mass is 19.4. The summed E-state index contributed by atoms with van der Waals surface area (Å²) in [5.41, 5.74) is -0.0470. The maximum Gasteiger partial charge on any atom is 0.449 e. The number of hydrogen-bond donors (Lipinski definition) is 1. The van der Waals surface area contributed by atoms with Crippen molar-refractivity contribution < 1.29 is 27.2 Å². The van der Waals surface area contributed by atoms with Gasteiger partial charge in [-0.05, 0) is 23.8 Å². The van der Waals surface area contributed by atoms with Gasteiger partial charge in [-0.15, -0.1) is 0 Å². The van der Waals surface area contributed by atoms with Gasteiger partial charge in [0.15, 0.2) is 5.69 Å². The number of hydrogen-bond acceptors (Lipinski definition) is 5. The number of amides is 2. The number of imidazole rings is 1. The van der Waals surface area contributed by atoms with Gasteiger partial charge in [-0.1, -0.05) is 24.3 Å². The first-order valence-electron chi connectivity index (χ1n) is 11.9. The minimum Gasteiger partial charge on any atom is -0.343 e. The van der Waals surface area contributed by atoms with Crippen molar-refractivity contribution in [3.63, 3.8) is 0 Å². The highest BCUT2D eigenvalue weighted by Crippen LogP contribution is 2.33. The lowest BCUT2D eigenvalue weighted by atomic mass is 10.0. The summed E-state index contributed by atoms with van der Waals surface area (Å²) in [7, 11) is 2.77. The summed E-state index contributed by atoms with van der Waals surface area (Å²) in [4.78, 5) is 43.9. The van der Waals surface area contributed by atoms with Crippen LogP contribution >= 0.6 is 0 Å². The second-order valence-corrected chi connectivity index (χ2v) is 9.34. The predicted octanol–water partition coefficient (Wildman–Crippen LogP) is 3.23. The van der Waals surface area contributed by atoms with Crippen molar-refractivity contribution in [3.05, 3.63) is 92.7 Å². The topological polar surface area (TPSA) is 104 Å². The molecule has 0 spiro atoms. The lowest BCUT2D eigenvalue weighted by molar-refractivity contribution is -0.147. The molecule has 2 aromatic heterocycles. The zero-order chi connectivity index (χ0) is 28.1. The van der Waals surface area contributed by atoms with Gasteiger partial charge in [0.2, 0.25) is 5.82 Å². The molecular weight excluding hydrogens is 520 g/mol. The van der Waals surface area contributed by atoms with Crippen LogP contribution in [0.15, 0.2) is 47.3 Å². The van der Waals surface area contributed by atoms with Gasteiger partial charge in [0, 0.05) is 39.0 Å². The third kappa shape index (κ3) is 4.75. The number of fused-ring (bicyclic) bond motifs is 2. The van der Waals surface area contributed by atoms with Gasteiger partial charge >= 0.3 is 6.18 Å². The fourth-order valence-corrected chi connectivity index (χ4v) is 4.66. The van der Waals surface area contributed by atoms with E-state index < -0.39 is 35.3 Å². The maximum atomic E-state index is 14.9. The third-order valence-corrected chi connectivity index (χ3v) is 6.56. The Labute approximate surface area is 218 Å². The third-order valence-electron chi connectivity index (χ3n) is 6.56. The Bertz CT molecular complexity index is 1670. The van der Waals surface area contributed by atoms with Crippen LogP contribution in [0.1, 0.15) is 43.6 Å². The number of alkyl halides is 3. The van der Waals surface area contributed by atoms with Crippen LogP contribution in [0.4, 0.5) is 17.6 Å². The Morgan fingerprint density at radius 1 is 1.08 bits per heavy atom. The average Bonchev–Trinajstić information content (AvgIpc) is 3.30. The summed E-state index contributed by atoms with van der Waals surface area (Å²) in [6, 6.07) is 10.8. The van der Waals surface area contributed by atoms with Crippen LogP contribution in [0.5, 0.6) is 0 Å². The average molecular weight is 542 g/mol. The van der Waals surface area contributed by atoms with Crippen LogP contribution in [-0.2, 0) is 25.7 Å². The van der Waals surface area contributed by atoms with E-state index in [-0.39, 0.29) is 42.9 Å². The summed E-state index contributed by atoms with van der Waals surface area (Å²) in [6.07, 6.45) is -4.62. The van der Waals surface area contributed by atoms with Gasteiger partial charge in [-0.3, -0.25) is 14.4 Å². The van der Waals surface area contributed by atoms with E-state index in [1.165, 1.54) is 31.1 Å². The van der Waals surface area contributed by atoms with Crippen LogP contribution < -0.4 is 5.56 Å². The zero-order valence-corrected chi connectivity index (χ0v) is 20.8. The number of carbonyl (C=O) groups is 2. The quantitative estimate of drug-likeness (QED) is 0.399. The minimum absolute atomic E-state index is 0.0684. The molecular formula is C26H22F4N6O3. The summed E-state index contributed by atoms with van der Waals surface area (Å²) < 4.78 is 56.6. The molecule has 5 rings (SSSR count). The second kappa shape index (κ2) is 9.64. The van der Waals surface area contributed by atoms with Crippen molar-refractivity contribution in [2.45, 2.75) is 25.7 Å². The number of halogens is 4. The summed E-state index contributed by atoms with van der Waals surface area (Å²) >= 11 is 0. The van der Waals surface area contributed by atoms with E-state index in [4.69, 9.17) is 0 Å². The Balaban J connectivity index is 1.46. The van der Waals surface area contributed by atoms with Crippen LogP contribution in [0.3, 0.4) is 0 Å². The summed E-state index contributed by atoms with van der Waals surface area (Å²) in [5, 5.41) is 7.60. The largest absolute Gasteiger partial charge is 0.449 e. The molecule has 1 aliphatic heterocycles. The van der Waals surface area contributed by atoms with Gasteiger partial charge in [0.05, 0.1) is 28.9 Å². The van der Waals surface area contributed by atoms with Gasteiger partial charge < -0.3 is 14.4 Å². The van der Waals surface area contributed by atoms with E-state index in [1.54, 1.807) is 24.3 Å². The maximum absolute atomic E-state index is 14.9. The number of nitrogens with one attached hydrogen (secondary N) is 1. The first-order chi connectivity index (χ1) is 18.5. The van der Waals surface area contributed by atoms with Gasteiger partial charge in [-0.2, -0.15) is 18.3 Å². The fourth-order valence-electron chi connectivity index (χ4n) is 4.66. The molecule has 0 aliphatic carbocycles. The van der Waals surface area contributed by atoms with Gasteiger partial charge in [-0.25, -0.2) is 14.5 Å². The van der Waals surface area contributed by atoms with Crippen molar-refractivity contribution in [2.75, 3.05) is 20.6 Å². The Hall–Kier alpha value is -4.55. The SMILES string of the molecule is CN(C)C(=O)c1nc(C(F)(F)F)n2c1CN(C(=O)c1cc(Cc3n[nH]c(=O)c4ccccc34)ccc1F)CC2. The minimum atomic E-state index is -4.80. The number of rotatable bonds is 4. The van der Waals surface area contributed by atoms with Crippen molar-refractivity contribution in [1.82, 2.24) is 29.5 Å². The molecule has 0 atom stereocenters. The van der Waals surface area contributed by atoms with E-state index in [2.05, 4.69) is 15.2 Å². The lowest BCUT2D eigenvalue weighted by Crippen LogP contribution is -2.40.